The van der Waals surface area contributed by atoms with Crippen molar-refractivity contribution in [2.24, 2.45) is 0 Å². The van der Waals surface area contributed by atoms with Crippen molar-refractivity contribution in [3.05, 3.63) is 155 Å². The lowest BCUT2D eigenvalue weighted by atomic mass is 9.93. The Morgan fingerprint density at radius 1 is 0.347 bits per heavy atom. The van der Waals surface area contributed by atoms with E-state index in [-0.39, 0.29) is 155 Å². The molecular formula is C67H54O31+2. The first-order valence-electron chi connectivity index (χ1n) is 28.1. The van der Waals surface area contributed by atoms with Gasteiger partial charge in [0, 0.05) is 102 Å². The van der Waals surface area contributed by atoms with E-state index in [1.807, 2.05) is 0 Å². The first-order chi connectivity index (χ1) is 46.2. The summed E-state index contributed by atoms with van der Waals surface area (Å²) in [6.45, 7) is 0. The molecule has 31 nitrogen and oxygen atoms in total. The van der Waals surface area contributed by atoms with Crippen LogP contribution in [0.1, 0.15) is 44.8 Å². The molecule has 0 saturated heterocycles. The molecule has 2 aromatic heterocycles. The fraction of sp³-hybridized carbons (Fsp3) is 0.0896. The smallest absolute Gasteiger partial charge is 0.402 e. The van der Waals surface area contributed by atoms with Crippen LogP contribution in [0.4, 0.5) is 0 Å². The molecule has 0 unspecified atom stereocenters. The van der Waals surface area contributed by atoms with Crippen molar-refractivity contribution >= 4 is 27.9 Å². The standard InChI is InChI=1S/C22H18O11.C15H14O7.C15H10O7.C15H10O6/c23-10-5-12(24)11-7-18(33-22(31)9-3-15(27)20(30)16(28)4-9)21(32-17(11)6-10)8-1-13(25)19(29)14(26)2-8;2*16-7-3-9(17)8-5-12(20)15(22-13(8)4-7)6-1-10(18)14(21)11(19)2-6;16-8-4-11(18)9-6-13(20)15(21-14(9)5-8)7-1-2-10(17)12(19)3-7/h1-6,18,21,23-30H,7H2;1-4,12,15-21H,5H2;1-5H,(H5-,16,17,18,19,20,21);1-6H,(H4-,16,17,18,19,20)/p+2/t18-,21-;12-,15+;;/m10../s1. The maximum absolute atomic E-state index is 12.7. The number of carbonyl (C=O) groups is 1. The van der Waals surface area contributed by atoms with Crippen LogP contribution >= 0.6 is 0 Å². The Morgan fingerprint density at radius 2 is 0.714 bits per heavy atom. The molecule has 0 spiro atoms. The molecular weight excluding hydrogens is 1300 g/mol. The number of phenolic OH excluding ortho intramolecular Hbond substituents is 22. The summed E-state index contributed by atoms with van der Waals surface area (Å²) in [7, 11) is 0. The van der Waals surface area contributed by atoms with Gasteiger partial charge in [0.2, 0.25) is 11.5 Å². The van der Waals surface area contributed by atoms with E-state index in [4.69, 9.17) is 23.0 Å². The number of fused-ring (bicyclic) bond motifs is 4. The number of hydrogen-bond donors (Lipinski definition) is 25. The molecule has 9 aromatic carbocycles. The normalized spacial score (nSPS) is 15.1. The number of ether oxygens (including phenoxy) is 3. The lowest BCUT2D eigenvalue weighted by Crippen LogP contribution is -2.34. The minimum absolute atomic E-state index is 0.0304. The second-order valence-electron chi connectivity index (χ2n) is 21.8. The van der Waals surface area contributed by atoms with E-state index in [0.29, 0.717) is 11.1 Å². The second-order valence-corrected chi connectivity index (χ2v) is 21.8. The molecule has 0 bridgehead atoms. The Hall–Kier alpha value is -14.0. The van der Waals surface area contributed by atoms with Crippen LogP contribution in [0.5, 0.6) is 149 Å². The Morgan fingerprint density at radius 3 is 1.16 bits per heavy atom. The summed E-state index contributed by atoms with van der Waals surface area (Å²) >= 11 is 0. The molecule has 13 rings (SSSR count). The number of benzene rings is 9. The van der Waals surface area contributed by atoms with Crippen LogP contribution in [0.25, 0.3) is 44.6 Å². The van der Waals surface area contributed by atoms with Crippen LogP contribution in [0.15, 0.2) is 136 Å². The number of aliphatic hydroxyl groups excluding tert-OH is 1. The Labute approximate surface area is 546 Å². The van der Waals surface area contributed by atoms with Gasteiger partial charge < -0.3 is 142 Å². The van der Waals surface area contributed by atoms with E-state index in [1.165, 1.54) is 54.6 Å². The van der Waals surface area contributed by atoms with Gasteiger partial charge in [0.25, 0.3) is 0 Å². The minimum Gasteiger partial charge on any atom is -0.508 e. The van der Waals surface area contributed by atoms with Crippen LogP contribution in [0, 0.1) is 0 Å². The van der Waals surface area contributed by atoms with Gasteiger partial charge in [0.1, 0.15) is 74.4 Å². The molecule has 4 atom stereocenters. The van der Waals surface area contributed by atoms with Crippen LogP contribution < -0.4 is 9.47 Å². The number of esters is 1. The Balaban J connectivity index is 0.000000144. The first kappa shape index (κ1) is 66.9. The molecule has 31 heteroatoms. The summed E-state index contributed by atoms with van der Waals surface area (Å²) in [6.07, 6.45) is -4.41. The zero-order valence-electron chi connectivity index (χ0n) is 49.5. The predicted octanol–water partition coefficient (Wildman–Crippen LogP) is 9.01. The van der Waals surface area contributed by atoms with E-state index in [1.54, 1.807) is 0 Å². The number of aromatic hydroxyl groups is 24. The third-order valence-electron chi connectivity index (χ3n) is 15.0. The van der Waals surface area contributed by atoms with E-state index < -0.39 is 99.4 Å². The summed E-state index contributed by atoms with van der Waals surface area (Å²) < 4.78 is 27.7. The van der Waals surface area contributed by atoms with Gasteiger partial charge in [-0.15, -0.1) is 0 Å². The van der Waals surface area contributed by atoms with E-state index >= 15 is 0 Å². The van der Waals surface area contributed by atoms with E-state index in [9.17, 15) is 132 Å². The van der Waals surface area contributed by atoms with Crippen molar-refractivity contribution in [2.45, 2.75) is 37.3 Å². The maximum Gasteiger partial charge on any atom is 0.402 e. The van der Waals surface area contributed by atoms with Gasteiger partial charge in [-0.25, -0.2) is 13.6 Å². The molecule has 506 valence electrons. The maximum atomic E-state index is 12.7. The molecule has 0 radical (unpaired) electrons. The molecule has 2 aliphatic rings. The molecule has 98 heavy (non-hydrogen) atoms. The zero-order chi connectivity index (χ0) is 71.2. The fourth-order valence-corrected chi connectivity index (χ4v) is 10.3. The predicted molar refractivity (Wildman–Crippen MR) is 334 cm³/mol. The van der Waals surface area contributed by atoms with Gasteiger partial charge in [0.05, 0.1) is 34.9 Å². The van der Waals surface area contributed by atoms with Crippen molar-refractivity contribution < 1.29 is 156 Å². The number of rotatable bonds is 6. The van der Waals surface area contributed by atoms with Crippen LogP contribution in [-0.4, -0.2) is 146 Å². The van der Waals surface area contributed by atoms with Gasteiger partial charge in [0.15, 0.2) is 92.7 Å². The monoisotopic (exact) mass is 1350 g/mol. The average Bonchev–Trinajstić information content (AvgIpc) is 0.790. The van der Waals surface area contributed by atoms with Gasteiger partial charge in [-0.3, -0.25) is 0 Å². The Bertz CT molecular complexity index is 4900. The SMILES string of the molecule is O=C(O[C@@H]1Cc2c(O)cc(O)cc2O[C@@H]1c1cc(O)c(O)c(O)c1)c1cc(O)c(O)c(O)c1.Oc1cc(O)c2c(c1)O[C@H](c1cc(O)c(O)c(O)c1)[C@@H](O)C2.Oc1cc(O)c2cc(O)c(-c3cc(O)c(O)c(O)c3)[o+]c2c1.Oc1cc(O)c2cc(O)c(-c3ccc(O)c(O)c3)[o+]c2c1. The van der Waals surface area contributed by atoms with Crippen LogP contribution in [0.3, 0.4) is 0 Å². The highest BCUT2D eigenvalue weighted by Crippen LogP contribution is 2.50. The van der Waals surface area contributed by atoms with Crippen molar-refractivity contribution in [2.75, 3.05) is 0 Å². The number of phenols is 22. The summed E-state index contributed by atoms with van der Waals surface area (Å²) in [5.74, 6) is -12.2. The molecule has 25 N–H and O–H groups in total. The number of aliphatic hydroxyl groups is 1. The Kier molecular flexibility index (Phi) is 17.9. The quantitative estimate of drug-likeness (QED) is 0.0419. The van der Waals surface area contributed by atoms with E-state index in [2.05, 4.69) is 0 Å². The molecule has 4 heterocycles. The first-order valence-corrected chi connectivity index (χ1v) is 28.1. The molecule has 0 fully saturated rings. The van der Waals surface area contributed by atoms with E-state index in [0.717, 1.165) is 72.8 Å². The topological polar surface area (TPSA) is 573 Å². The van der Waals surface area contributed by atoms with Crippen LogP contribution in [0.2, 0.25) is 0 Å². The highest BCUT2D eigenvalue weighted by atomic mass is 16.6. The summed E-state index contributed by atoms with van der Waals surface area (Å²) in [5, 5.41) is 242. The summed E-state index contributed by atoms with van der Waals surface area (Å²) in [4.78, 5) is 12.7. The number of carbonyl (C=O) groups excluding carboxylic acids is 1. The number of hydrogen-bond acceptors (Lipinski definition) is 29. The summed E-state index contributed by atoms with van der Waals surface area (Å²) in [6, 6.07) is 24.3. The zero-order valence-corrected chi connectivity index (χ0v) is 49.5. The van der Waals surface area contributed by atoms with Crippen molar-refractivity contribution in [3.63, 3.8) is 0 Å². The average molecular weight is 1360 g/mol. The van der Waals surface area contributed by atoms with Crippen molar-refractivity contribution in [1.29, 1.82) is 0 Å². The third kappa shape index (κ3) is 13.6. The highest BCUT2D eigenvalue weighted by molar-refractivity contribution is 5.92. The minimum atomic E-state index is -1.18. The van der Waals surface area contributed by atoms with Crippen molar-refractivity contribution in [3.8, 4) is 172 Å². The second kappa shape index (κ2) is 26.2. The molecule has 0 saturated carbocycles. The molecule has 0 amide bonds. The van der Waals surface area contributed by atoms with Crippen molar-refractivity contribution in [1.82, 2.24) is 0 Å². The van der Waals surface area contributed by atoms with Gasteiger partial charge in [-0.2, -0.15) is 0 Å². The van der Waals surface area contributed by atoms with Gasteiger partial charge in [-0.05, 0) is 48.5 Å². The fourth-order valence-electron chi connectivity index (χ4n) is 10.3. The lowest BCUT2D eigenvalue weighted by molar-refractivity contribution is -0.0189. The third-order valence-corrected chi connectivity index (χ3v) is 15.0. The van der Waals surface area contributed by atoms with Gasteiger partial charge >= 0.3 is 28.7 Å². The molecule has 0 aliphatic carbocycles. The molecule has 2 aliphatic heterocycles. The highest BCUT2D eigenvalue weighted by Gasteiger charge is 2.39. The molecule has 11 aromatic rings. The summed E-state index contributed by atoms with van der Waals surface area (Å²) in [5.41, 5.74) is 1.24. The lowest BCUT2D eigenvalue weighted by Gasteiger charge is -2.34. The van der Waals surface area contributed by atoms with Crippen LogP contribution in [-0.2, 0) is 17.6 Å². The van der Waals surface area contributed by atoms with Gasteiger partial charge in [-0.1, -0.05) is 0 Å². The largest absolute Gasteiger partial charge is 0.508 e.